The fraction of sp³-hybridized carbons (Fsp3) is 0.200. The molecule has 0 bridgehead atoms. The van der Waals surface area contributed by atoms with Crippen LogP contribution in [-0.2, 0) is 6.54 Å². The zero-order valence-corrected chi connectivity index (χ0v) is 10.4. The Morgan fingerprint density at radius 1 is 1.00 bits per heavy atom. The van der Waals surface area contributed by atoms with Crippen molar-refractivity contribution in [1.29, 1.82) is 0 Å². The fourth-order valence-corrected chi connectivity index (χ4v) is 1.96. The molecule has 0 aliphatic rings. The molecule has 0 fully saturated rings. The SMILES string of the molecule is Cc1cccc(C)c1NCc1cc(F)ccc1F. The summed E-state index contributed by atoms with van der Waals surface area (Å²) in [4.78, 5) is 0. The third-order valence-electron chi connectivity index (χ3n) is 2.94. The van der Waals surface area contributed by atoms with E-state index in [1.807, 2.05) is 32.0 Å². The highest BCUT2D eigenvalue weighted by atomic mass is 19.1. The number of aryl methyl sites for hydroxylation is 2. The van der Waals surface area contributed by atoms with E-state index in [2.05, 4.69) is 5.32 Å². The maximum absolute atomic E-state index is 13.5. The van der Waals surface area contributed by atoms with Crippen molar-refractivity contribution in [3.05, 3.63) is 64.7 Å². The Kier molecular flexibility index (Phi) is 3.60. The van der Waals surface area contributed by atoms with Crippen molar-refractivity contribution in [1.82, 2.24) is 0 Å². The summed E-state index contributed by atoms with van der Waals surface area (Å²) >= 11 is 0. The molecule has 1 N–H and O–H groups in total. The van der Waals surface area contributed by atoms with Crippen molar-refractivity contribution >= 4 is 5.69 Å². The van der Waals surface area contributed by atoms with E-state index in [1.54, 1.807) is 0 Å². The lowest BCUT2D eigenvalue weighted by Crippen LogP contribution is -2.05. The molecule has 3 heteroatoms. The predicted molar refractivity (Wildman–Crippen MR) is 69.6 cm³/mol. The van der Waals surface area contributed by atoms with Gasteiger partial charge in [0, 0.05) is 17.8 Å². The number of halogens is 2. The van der Waals surface area contributed by atoms with Crippen LogP contribution < -0.4 is 5.32 Å². The average Bonchev–Trinajstić information content (AvgIpc) is 2.33. The molecule has 0 spiro atoms. The first-order valence-electron chi connectivity index (χ1n) is 5.82. The van der Waals surface area contributed by atoms with Gasteiger partial charge in [-0.3, -0.25) is 0 Å². The van der Waals surface area contributed by atoms with E-state index < -0.39 is 11.6 Å². The average molecular weight is 247 g/mol. The van der Waals surface area contributed by atoms with Crippen LogP contribution in [0.1, 0.15) is 16.7 Å². The van der Waals surface area contributed by atoms with Gasteiger partial charge in [0.25, 0.3) is 0 Å². The van der Waals surface area contributed by atoms with Gasteiger partial charge in [-0.2, -0.15) is 0 Å². The van der Waals surface area contributed by atoms with Crippen LogP contribution >= 0.6 is 0 Å². The topological polar surface area (TPSA) is 12.0 Å². The van der Waals surface area contributed by atoms with Crippen molar-refractivity contribution in [2.24, 2.45) is 0 Å². The van der Waals surface area contributed by atoms with Crippen LogP contribution in [0.2, 0.25) is 0 Å². The minimum Gasteiger partial charge on any atom is -0.380 e. The van der Waals surface area contributed by atoms with E-state index in [0.29, 0.717) is 5.56 Å². The molecule has 0 amide bonds. The molecule has 1 nitrogen and oxygen atoms in total. The van der Waals surface area contributed by atoms with Crippen LogP contribution in [0.5, 0.6) is 0 Å². The van der Waals surface area contributed by atoms with Crippen LogP contribution in [0.3, 0.4) is 0 Å². The van der Waals surface area contributed by atoms with Gasteiger partial charge in [0.1, 0.15) is 11.6 Å². The van der Waals surface area contributed by atoms with Crippen LogP contribution in [0, 0.1) is 25.5 Å². The third-order valence-corrected chi connectivity index (χ3v) is 2.94. The fourth-order valence-electron chi connectivity index (χ4n) is 1.96. The van der Waals surface area contributed by atoms with E-state index >= 15 is 0 Å². The molecule has 0 saturated carbocycles. The summed E-state index contributed by atoms with van der Waals surface area (Å²) in [5.41, 5.74) is 3.48. The molecule has 2 rings (SSSR count). The highest BCUT2D eigenvalue weighted by Gasteiger charge is 2.06. The maximum Gasteiger partial charge on any atom is 0.128 e. The Hall–Kier alpha value is -1.90. The number of benzene rings is 2. The molecular formula is C15H15F2N. The van der Waals surface area contributed by atoms with E-state index in [0.717, 1.165) is 28.9 Å². The van der Waals surface area contributed by atoms with Gasteiger partial charge in [-0.1, -0.05) is 18.2 Å². The lowest BCUT2D eigenvalue weighted by Gasteiger charge is -2.13. The number of hydrogen-bond acceptors (Lipinski definition) is 1. The number of anilines is 1. The van der Waals surface area contributed by atoms with Gasteiger partial charge in [0.2, 0.25) is 0 Å². The molecule has 0 aliphatic carbocycles. The first-order valence-corrected chi connectivity index (χ1v) is 5.82. The number of para-hydroxylation sites is 1. The molecule has 0 unspecified atom stereocenters. The van der Waals surface area contributed by atoms with E-state index in [1.165, 1.54) is 6.07 Å². The number of rotatable bonds is 3. The standard InChI is InChI=1S/C15H15F2N/c1-10-4-3-5-11(2)15(10)18-9-12-8-13(16)6-7-14(12)17/h3-8,18H,9H2,1-2H3. The van der Waals surface area contributed by atoms with Gasteiger partial charge < -0.3 is 5.32 Å². The van der Waals surface area contributed by atoms with Crippen LogP contribution in [0.25, 0.3) is 0 Å². The van der Waals surface area contributed by atoms with Crippen molar-refractivity contribution < 1.29 is 8.78 Å². The molecular weight excluding hydrogens is 232 g/mol. The van der Waals surface area contributed by atoms with Crippen molar-refractivity contribution in [3.8, 4) is 0 Å². The zero-order chi connectivity index (χ0) is 13.1. The van der Waals surface area contributed by atoms with E-state index in [4.69, 9.17) is 0 Å². The Bertz CT molecular complexity index is 544. The van der Waals surface area contributed by atoms with Crippen LogP contribution in [-0.4, -0.2) is 0 Å². The smallest absolute Gasteiger partial charge is 0.128 e. The summed E-state index contributed by atoms with van der Waals surface area (Å²) in [7, 11) is 0. The highest BCUT2D eigenvalue weighted by Crippen LogP contribution is 2.21. The van der Waals surface area contributed by atoms with Gasteiger partial charge in [-0.05, 0) is 43.2 Å². The molecule has 0 radical (unpaired) electrons. The first kappa shape index (κ1) is 12.6. The Morgan fingerprint density at radius 3 is 2.33 bits per heavy atom. The van der Waals surface area contributed by atoms with Gasteiger partial charge in [0.05, 0.1) is 0 Å². The summed E-state index contributed by atoms with van der Waals surface area (Å²) in [5.74, 6) is -0.815. The van der Waals surface area contributed by atoms with Crippen LogP contribution in [0.15, 0.2) is 36.4 Å². The van der Waals surface area contributed by atoms with Gasteiger partial charge >= 0.3 is 0 Å². The third kappa shape index (κ3) is 2.67. The van der Waals surface area contributed by atoms with Crippen molar-refractivity contribution in [2.45, 2.75) is 20.4 Å². The van der Waals surface area contributed by atoms with E-state index in [9.17, 15) is 8.78 Å². The quantitative estimate of drug-likeness (QED) is 0.857. The Labute approximate surface area is 105 Å². The Morgan fingerprint density at radius 2 is 1.67 bits per heavy atom. The monoisotopic (exact) mass is 247 g/mol. The molecule has 18 heavy (non-hydrogen) atoms. The van der Waals surface area contributed by atoms with Gasteiger partial charge in [0.15, 0.2) is 0 Å². The van der Waals surface area contributed by atoms with Crippen molar-refractivity contribution in [3.63, 3.8) is 0 Å². The minimum absolute atomic E-state index is 0.273. The number of hydrogen-bond donors (Lipinski definition) is 1. The summed E-state index contributed by atoms with van der Waals surface area (Å²) in [6.07, 6.45) is 0. The summed E-state index contributed by atoms with van der Waals surface area (Å²) < 4.78 is 26.5. The summed E-state index contributed by atoms with van der Waals surface area (Å²) in [5, 5.41) is 3.16. The lowest BCUT2D eigenvalue weighted by atomic mass is 10.1. The first-order chi connectivity index (χ1) is 8.58. The summed E-state index contributed by atoms with van der Waals surface area (Å²) in [6.45, 7) is 4.24. The normalized spacial score (nSPS) is 10.4. The largest absolute Gasteiger partial charge is 0.380 e. The second kappa shape index (κ2) is 5.17. The molecule has 94 valence electrons. The Balaban J connectivity index is 2.19. The summed E-state index contributed by atoms with van der Waals surface area (Å²) in [6, 6.07) is 9.43. The minimum atomic E-state index is -0.422. The molecule has 0 atom stereocenters. The molecule has 2 aromatic rings. The lowest BCUT2D eigenvalue weighted by molar-refractivity contribution is 0.587. The highest BCUT2D eigenvalue weighted by molar-refractivity contribution is 5.56. The number of nitrogens with one attached hydrogen (secondary N) is 1. The second-order valence-electron chi connectivity index (χ2n) is 4.36. The van der Waals surface area contributed by atoms with E-state index in [-0.39, 0.29) is 6.54 Å². The second-order valence-corrected chi connectivity index (χ2v) is 4.36. The predicted octanol–water partition coefficient (Wildman–Crippen LogP) is 4.19. The molecule has 2 aromatic carbocycles. The molecule has 0 aliphatic heterocycles. The van der Waals surface area contributed by atoms with Gasteiger partial charge in [-0.15, -0.1) is 0 Å². The van der Waals surface area contributed by atoms with Crippen LogP contribution in [0.4, 0.5) is 14.5 Å². The van der Waals surface area contributed by atoms with Crippen molar-refractivity contribution in [2.75, 3.05) is 5.32 Å². The molecule has 0 saturated heterocycles. The molecule has 0 heterocycles. The maximum atomic E-state index is 13.5. The molecule has 0 aromatic heterocycles. The van der Waals surface area contributed by atoms with Gasteiger partial charge in [-0.25, -0.2) is 8.78 Å². The zero-order valence-electron chi connectivity index (χ0n) is 10.4.